The highest BCUT2D eigenvalue weighted by molar-refractivity contribution is 5.72. The van der Waals surface area contributed by atoms with Gasteiger partial charge >= 0.3 is 0 Å². The smallest absolute Gasteiger partial charge is 0.163 e. The zero-order valence-corrected chi connectivity index (χ0v) is 10.9. The van der Waals surface area contributed by atoms with E-state index in [1.807, 2.05) is 19.9 Å². The summed E-state index contributed by atoms with van der Waals surface area (Å²) in [6, 6.07) is 3.87. The molecule has 0 aliphatic carbocycles. The van der Waals surface area contributed by atoms with Crippen LogP contribution in [0.15, 0.2) is 12.1 Å². The average Bonchev–Trinajstić information content (AvgIpc) is 2.37. The molecule has 1 aromatic carbocycles. The molecule has 0 saturated heterocycles. The van der Waals surface area contributed by atoms with E-state index in [4.69, 9.17) is 19.9 Å². The van der Waals surface area contributed by atoms with Crippen molar-refractivity contribution in [1.29, 1.82) is 0 Å². The van der Waals surface area contributed by atoms with E-state index >= 15 is 0 Å². The summed E-state index contributed by atoms with van der Waals surface area (Å²) in [6.45, 7) is 6.52. The normalized spacial score (nSPS) is 15.2. The number of nitrogens with one attached hydrogen (secondary N) is 1. The molecule has 0 amide bonds. The maximum absolute atomic E-state index is 5.98. The Morgan fingerprint density at radius 1 is 1.33 bits per heavy atom. The Hall–Kier alpha value is -1.62. The number of nitrogen functional groups attached to an aromatic ring is 1. The van der Waals surface area contributed by atoms with Gasteiger partial charge in [0, 0.05) is 24.8 Å². The summed E-state index contributed by atoms with van der Waals surface area (Å²) < 4.78 is 16.4. The Balaban J connectivity index is 2.08. The highest BCUT2D eigenvalue weighted by Gasteiger charge is 2.15. The van der Waals surface area contributed by atoms with E-state index in [-0.39, 0.29) is 6.04 Å². The van der Waals surface area contributed by atoms with E-state index in [0.29, 0.717) is 37.9 Å². The van der Waals surface area contributed by atoms with Crippen LogP contribution in [0.25, 0.3) is 0 Å². The molecular formula is C13H20N2O3. The van der Waals surface area contributed by atoms with Crippen LogP contribution >= 0.6 is 0 Å². The van der Waals surface area contributed by atoms with Gasteiger partial charge in [-0.3, -0.25) is 0 Å². The van der Waals surface area contributed by atoms with Gasteiger partial charge in [0.1, 0.15) is 13.2 Å². The zero-order chi connectivity index (χ0) is 13.0. The van der Waals surface area contributed by atoms with Gasteiger partial charge in [0.05, 0.1) is 18.0 Å². The Kier molecular flexibility index (Phi) is 4.15. The first-order valence-corrected chi connectivity index (χ1v) is 6.24. The fourth-order valence-corrected chi connectivity index (χ4v) is 1.83. The summed E-state index contributed by atoms with van der Waals surface area (Å²) in [4.78, 5) is 0. The van der Waals surface area contributed by atoms with Crippen molar-refractivity contribution in [2.24, 2.45) is 0 Å². The third-order valence-electron chi connectivity index (χ3n) is 2.69. The molecule has 1 aliphatic heterocycles. The van der Waals surface area contributed by atoms with Gasteiger partial charge in [-0.25, -0.2) is 0 Å². The highest BCUT2D eigenvalue weighted by Crippen LogP contribution is 2.37. The molecule has 0 spiro atoms. The van der Waals surface area contributed by atoms with Crippen LogP contribution in [-0.2, 0) is 4.74 Å². The Bertz CT molecular complexity index is 409. The van der Waals surface area contributed by atoms with Gasteiger partial charge in [-0.15, -0.1) is 0 Å². The van der Waals surface area contributed by atoms with Crippen molar-refractivity contribution in [3.8, 4) is 11.5 Å². The molecule has 2 rings (SSSR count). The molecule has 1 aliphatic rings. The van der Waals surface area contributed by atoms with E-state index < -0.39 is 0 Å². The second kappa shape index (κ2) is 5.82. The molecule has 0 radical (unpaired) electrons. The Morgan fingerprint density at radius 3 is 2.67 bits per heavy atom. The molecule has 100 valence electrons. The Labute approximate surface area is 107 Å². The molecule has 1 aromatic rings. The van der Waals surface area contributed by atoms with Crippen LogP contribution in [0.4, 0.5) is 11.4 Å². The number of anilines is 2. The van der Waals surface area contributed by atoms with Gasteiger partial charge in [-0.1, -0.05) is 0 Å². The number of fused-ring (bicyclic) bond motifs is 1. The summed E-state index contributed by atoms with van der Waals surface area (Å²) in [5.41, 5.74) is 7.49. The van der Waals surface area contributed by atoms with Crippen molar-refractivity contribution in [2.45, 2.75) is 19.9 Å². The van der Waals surface area contributed by atoms with Crippen LogP contribution in [0.3, 0.4) is 0 Å². The molecule has 1 heterocycles. The SMILES string of the molecule is CCOCC(C)Nc1cc2c(cc1N)OCCO2. The van der Waals surface area contributed by atoms with Crippen molar-refractivity contribution < 1.29 is 14.2 Å². The van der Waals surface area contributed by atoms with Gasteiger partial charge in [-0.05, 0) is 13.8 Å². The maximum Gasteiger partial charge on any atom is 0.163 e. The van der Waals surface area contributed by atoms with E-state index in [0.717, 1.165) is 11.4 Å². The van der Waals surface area contributed by atoms with Gasteiger partial charge in [0.2, 0.25) is 0 Å². The van der Waals surface area contributed by atoms with E-state index in [1.54, 1.807) is 6.07 Å². The van der Waals surface area contributed by atoms with Crippen LogP contribution in [0.1, 0.15) is 13.8 Å². The lowest BCUT2D eigenvalue weighted by molar-refractivity contribution is 0.141. The third-order valence-corrected chi connectivity index (χ3v) is 2.69. The fraction of sp³-hybridized carbons (Fsp3) is 0.538. The minimum absolute atomic E-state index is 0.190. The summed E-state index contributed by atoms with van der Waals surface area (Å²) >= 11 is 0. The first-order chi connectivity index (χ1) is 8.70. The predicted molar refractivity (Wildman–Crippen MR) is 71.4 cm³/mol. The number of hydrogen-bond acceptors (Lipinski definition) is 5. The minimum Gasteiger partial charge on any atom is -0.486 e. The molecule has 0 aromatic heterocycles. The molecule has 1 atom stereocenters. The summed E-state index contributed by atoms with van der Waals surface area (Å²) in [5, 5.41) is 3.31. The molecule has 0 fully saturated rings. The lowest BCUT2D eigenvalue weighted by atomic mass is 10.2. The number of benzene rings is 1. The molecule has 5 nitrogen and oxygen atoms in total. The van der Waals surface area contributed by atoms with Crippen molar-refractivity contribution in [3.63, 3.8) is 0 Å². The molecule has 3 N–H and O–H groups in total. The summed E-state index contributed by atoms with van der Waals surface area (Å²) in [7, 11) is 0. The average molecular weight is 252 g/mol. The minimum atomic E-state index is 0.190. The second-order valence-corrected chi connectivity index (χ2v) is 4.29. The first kappa shape index (κ1) is 12.8. The molecular weight excluding hydrogens is 232 g/mol. The topological polar surface area (TPSA) is 65.7 Å². The Morgan fingerprint density at radius 2 is 2.00 bits per heavy atom. The van der Waals surface area contributed by atoms with Gasteiger partial charge in [0.25, 0.3) is 0 Å². The van der Waals surface area contributed by atoms with Crippen LogP contribution in [0.2, 0.25) is 0 Å². The monoisotopic (exact) mass is 252 g/mol. The van der Waals surface area contributed by atoms with Gasteiger partial charge in [-0.2, -0.15) is 0 Å². The van der Waals surface area contributed by atoms with Gasteiger partial charge in [0.15, 0.2) is 11.5 Å². The lowest BCUT2D eigenvalue weighted by Gasteiger charge is -2.22. The van der Waals surface area contributed by atoms with E-state index in [9.17, 15) is 0 Å². The zero-order valence-electron chi connectivity index (χ0n) is 10.9. The van der Waals surface area contributed by atoms with Gasteiger partial charge < -0.3 is 25.3 Å². The first-order valence-electron chi connectivity index (χ1n) is 6.24. The number of ether oxygens (including phenoxy) is 3. The number of nitrogens with two attached hydrogens (primary N) is 1. The quantitative estimate of drug-likeness (QED) is 0.783. The van der Waals surface area contributed by atoms with Crippen molar-refractivity contribution in [2.75, 3.05) is 37.5 Å². The molecule has 5 heteroatoms. The molecule has 0 bridgehead atoms. The van der Waals surface area contributed by atoms with Crippen LogP contribution in [0.5, 0.6) is 11.5 Å². The standard InChI is InChI=1S/C13H20N2O3/c1-3-16-8-9(2)15-11-7-13-12(6-10(11)14)17-4-5-18-13/h6-7,9,15H,3-5,8,14H2,1-2H3. The number of hydrogen-bond donors (Lipinski definition) is 2. The summed E-state index contributed by atoms with van der Waals surface area (Å²) in [6.07, 6.45) is 0. The molecule has 0 saturated carbocycles. The van der Waals surface area contributed by atoms with Crippen LogP contribution in [-0.4, -0.2) is 32.5 Å². The van der Waals surface area contributed by atoms with Crippen molar-refractivity contribution >= 4 is 11.4 Å². The fourth-order valence-electron chi connectivity index (χ4n) is 1.83. The second-order valence-electron chi connectivity index (χ2n) is 4.29. The largest absolute Gasteiger partial charge is 0.486 e. The predicted octanol–water partition coefficient (Wildman–Crippen LogP) is 1.88. The lowest BCUT2D eigenvalue weighted by Crippen LogP contribution is -2.23. The van der Waals surface area contributed by atoms with E-state index in [2.05, 4.69) is 5.32 Å². The third kappa shape index (κ3) is 2.98. The molecule has 18 heavy (non-hydrogen) atoms. The molecule has 1 unspecified atom stereocenters. The number of rotatable bonds is 5. The maximum atomic E-state index is 5.98. The van der Waals surface area contributed by atoms with Crippen LogP contribution < -0.4 is 20.5 Å². The van der Waals surface area contributed by atoms with E-state index in [1.165, 1.54) is 0 Å². The highest BCUT2D eigenvalue weighted by atomic mass is 16.6. The summed E-state index contributed by atoms with van der Waals surface area (Å²) in [5.74, 6) is 1.45. The van der Waals surface area contributed by atoms with Crippen LogP contribution in [0, 0.1) is 0 Å². The van der Waals surface area contributed by atoms with Crippen molar-refractivity contribution in [1.82, 2.24) is 0 Å². The van der Waals surface area contributed by atoms with Crippen molar-refractivity contribution in [3.05, 3.63) is 12.1 Å².